The molecular weight excluding hydrogens is 288 g/mol. The van der Waals surface area contributed by atoms with Gasteiger partial charge in [0, 0.05) is 38.6 Å². The first-order valence-electron chi connectivity index (χ1n) is 8.04. The molecule has 0 saturated carbocycles. The van der Waals surface area contributed by atoms with Gasteiger partial charge in [-0.3, -0.25) is 4.90 Å². The lowest BCUT2D eigenvalue weighted by Gasteiger charge is -2.29. The van der Waals surface area contributed by atoms with Crippen molar-refractivity contribution in [2.24, 2.45) is 0 Å². The lowest BCUT2D eigenvalue weighted by Crippen LogP contribution is -2.44. The zero-order valence-electron chi connectivity index (χ0n) is 13.8. The summed E-state index contributed by atoms with van der Waals surface area (Å²) in [7, 11) is 1.94. The quantitative estimate of drug-likeness (QED) is 0.913. The van der Waals surface area contributed by atoms with Gasteiger partial charge in [0.25, 0.3) is 0 Å². The van der Waals surface area contributed by atoms with Gasteiger partial charge in [-0.15, -0.1) is 0 Å². The molecule has 1 N–H and O–H groups in total. The van der Waals surface area contributed by atoms with E-state index in [0.29, 0.717) is 19.0 Å². The lowest BCUT2D eigenvalue weighted by atomic mass is 10.0. The number of likely N-dealkylation sites (N-methyl/N-ethyl adjacent to an activating group) is 1. The first-order valence-corrected chi connectivity index (χ1v) is 8.04. The van der Waals surface area contributed by atoms with Gasteiger partial charge in [-0.1, -0.05) is 30.3 Å². The van der Waals surface area contributed by atoms with E-state index < -0.39 is 5.60 Å². The number of benzene rings is 1. The van der Waals surface area contributed by atoms with Crippen LogP contribution in [-0.4, -0.2) is 52.3 Å². The number of aromatic nitrogens is 2. The molecule has 1 aliphatic heterocycles. The third-order valence-corrected chi connectivity index (χ3v) is 4.32. The molecule has 1 fully saturated rings. The summed E-state index contributed by atoms with van der Waals surface area (Å²) in [6.45, 7) is 4.96. The number of hydrogen-bond acceptors (Lipinski definition) is 5. The highest BCUT2D eigenvalue weighted by Gasteiger charge is 2.37. The van der Waals surface area contributed by atoms with Gasteiger partial charge in [0.15, 0.2) is 0 Å². The average molecular weight is 312 g/mol. The van der Waals surface area contributed by atoms with Crippen molar-refractivity contribution in [1.29, 1.82) is 0 Å². The number of hydrogen-bond donors (Lipinski definition) is 1. The minimum atomic E-state index is -0.712. The van der Waals surface area contributed by atoms with Crippen LogP contribution in [0.5, 0.6) is 0 Å². The number of likely N-dealkylation sites (tertiary alicyclic amines) is 1. The Morgan fingerprint density at radius 2 is 2.04 bits per heavy atom. The fraction of sp³-hybridized carbons (Fsp3) is 0.444. The molecule has 3 rings (SSSR count). The normalized spacial score (nSPS) is 21.5. The first kappa shape index (κ1) is 15.9. The third-order valence-electron chi connectivity index (χ3n) is 4.32. The van der Waals surface area contributed by atoms with Crippen molar-refractivity contribution >= 4 is 5.95 Å². The average Bonchev–Trinajstić information content (AvgIpc) is 2.89. The summed E-state index contributed by atoms with van der Waals surface area (Å²) in [5, 5.41) is 10.9. The summed E-state index contributed by atoms with van der Waals surface area (Å²) in [6.07, 6.45) is 2.53. The number of β-amino-alcohol motifs (C(OH)–C–C–N with tert-alkyl or cyclic N) is 1. The largest absolute Gasteiger partial charge is 0.387 e. The molecule has 1 aromatic heterocycles. The van der Waals surface area contributed by atoms with Crippen LogP contribution in [-0.2, 0) is 6.54 Å². The summed E-state index contributed by atoms with van der Waals surface area (Å²) >= 11 is 0. The van der Waals surface area contributed by atoms with Crippen molar-refractivity contribution in [3.05, 3.63) is 53.9 Å². The van der Waals surface area contributed by atoms with Crippen molar-refractivity contribution in [3.8, 4) is 0 Å². The molecular formula is C18H24N4O. The molecule has 1 atom stereocenters. The summed E-state index contributed by atoms with van der Waals surface area (Å²) in [5.41, 5.74) is 1.51. The van der Waals surface area contributed by atoms with E-state index in [0.717, 1.165) is 25.2 Å². The van der Waals surface area contributed by atoms with Gasteiger partial charge in [0.2, 0.25) is 5.95 Å². The number of nitrogens with zero attached hydrogens (tertiary/aromatic N) is 4. The van der Waals surface area contributed by atoms with Crippen molar-refractivity contribution in [3.63, 3.8) is 0 Å². The maximum Gasteiger partial charge on any atom is 0.225 e. The maximum absolute atomic E-state index is 10.9. The molecule has 1 aliphatic rings. The number of aryl methyl sites for hydroxylation is 1. The van der Waals surface area contributed by atoms with Gasteiger partial charge in [-0.2, -0.15) is 0 Å². The third kappa shape index (κ3) is 4.06. The Morgan fingerprint density at radius 3 is 2.78 bits per heavy atom. The summed E-state index contributed by atoms with van der Waals surface area (Å²) in [5.74, 6) is 0.667. The second-order valence-electron chi connectivity index (χ2n) is 6.52. The van der Waals surface area contributed by atoms with Crippen LogP contribution in [0.1, 0.15) is 17.7 Å². The van der Waals surface area contributed by atoms with E-state index >= 15 is 0 Å². The Hall–Kier alpha value is -1.98. The molecule has 1 unspecified atom stereocenters. The van der Waals surface area contributed by atoms with Crippen molar-refractivity contribution in [1.82, 2.24) is 14.9 Å². The van der Waals surface area contributed by atoms with Gasteiger partial charge < -0.3 is 10.0 Å². The van der Waals surface area contributed by atoms with E-state index in [9.17, 15) is 5.11 Å². The Labute approximate surface area is 137 Å². The van der Waals surface area contributed by atoms with Crippen LogP contribution >= 0.6 is 0 Å². The highest BCUT2D eigenvalue weighted by Crippen LogP contribution is 2.24. The van der Waals surface area contributed by atoms with Crippen molar-refractivity contribution in [2.45, 2.75) is 25.5 Å². The molecule has 1 aromatic carbocycles. The SMILES string of the molecule is Cc1ccnc(N(C)CC2(O)CCN(Cc3ccccc3)C2)n1. The van der Waals surface area contributed by atoms with Gasteiger partial charge in [-0.25, -0.2) is 9.97 Å². The second-order valence-corrected chi connectivity index (χ2v) is 6.52. The Balaban J connectivity index is 1.60. The van der Waals surface area contributed by atoms with E-state index in [1.54, 1.807) is 6.20 Å². The Morgan fingerprint density at radius 1 is 1.26 bits per heavy atom. The van der Waals surface area contributed by atoms with E-state index in [1.165, 1.54) is 5.56 Å². The van der Waals surface area contributed by atoms with Gasteiger partial charge >= 0.3 is 0 Å². The fourth-order valence-electron chi connectivity index (χ4n) is 3.18. The molecule has 122 valence electrons. The Kier molecular flexibility index (Phi) is 4.59. The molecule has 0 amide bonds. The van der Waals surface area contributed by atoms with E-state index in [2.05, 4.69) is 39.1 Å². The molecule has 0 bridgehead atoms. The predicted molar refractivity (Wildman–Crippen MR) is 91.3 cm³/mol. The highest BCUT2D eigenvalue weighted by molar-refractivity contribution is 5.29. The van der Waals surface area contributed by atoms with E-state index in [-0.39, 0.29) is 0 Å². The van der Waals surface area contributed by atoms with Crippen LogP contribution in [0.3, 0.4) is 0 Å². The predicted octanol–water partition coefficient (Wildman–Crippen LogP) is 1.86. The summed E-state index contributed by atoms with van der Waals surface area (Å²) in [4.78, 5) is 13.0. The van der Waals surface area contributed by atoms with Crippen molar-refractivity contribution < 1.29 is 5.11 Å². The minimum Gasteiger partial charge on any atom is -0.387 e. The minimum absolute atomic E-state index is 0.543. The van der Waals surface area contributed by atoms with Crippen LogP contribution in [0.2, 0.25) is 0 Å². The topological polar surface area (TPSA) is 52.5 Å². The first-order chi connectivity index (χ1) is 11.0. The van der Waals surface area contributed by atoms with Gasteiger partial charge in [-0.05, 0) is 25.0 Å². The number of rotatable bonds is 5. The second kappa shape index (κ2) is 6.64. The van der Waals surface area contributed by atoms with E-state index in [4.69, 9.17) is 0 Å². The monoisotopic (exact) mass is 312 g/mol. The smallest absolute Gasteiger partial charge is 0.225 e. The molecule has 5 nitrogen and oxygen atoms in total. The Bertz CT molecular complexity index is 648. The molecule has 1 saturated heterocycles. The number of aliphatic hydroxyl groups is 1. The molecule has 0 spiro atoms. The van der Waals surface area contributed by atoms with Crippen LogP contribution in [0.4, 0.5) is 5.95 Å². The van der Waals surface area contributed by atoms with Crippen LogP contribution in [0.15, 0.2) is 42.6 Å². The molecule has 2 aromatic rings. The molecule has 0 radical (unpaired) electrons. The zero-order chi connectivity index (χ0) is 16.3. The molecule has 23 heavy (non-hydrogen) atoms. The molecule has 5 heteroatoms. The standard InChI is InChI=1S/C18H24N4O/c1-15-8-10-19-17(20-15)21(2)13-18(23)9-11-22(14-18)12-16-6-4-3-5-7-16/h3-8,10,23H,9,11-14H2,1-2H3. The highest BCUT2D eigenvalue weighted by atomic mass is 16.3. The molecule has 2 heterocycles. The van der Waals surface area contributed by atoms with Gasteiger partial charge in [0.05, 0.1) is 12.1 Å². The fourth-order valence-corrected chi connectivity index (χ4v) is 3.18. The zero-order valence-corrected chi connectivity index (χ0v) is 13.8. The van der Waals surface area contributed by atoms with E-state index in [1.807, 2.05) is 31.0 Å². The maximum atomic E-state index is 10.9. The summed E-state index contributed by atoms with van der Waals surface area (Å²) < 4.78 is 0. The van der Waals surface area contributed by atoms with Crippen LogP contribution in [0.25, 0.3) is 0 Å². The molecule has 0 aliphatic carbocycles. The summed E-state index contributed by atoms with van der Waals surface area (Å²) in [6, 6.07) is 12.3. The number of anilines is 1. The lowest BCUT2D eigenvalue weighted by molar-refractivity contribution is 0.0559. The van der Waals surface area contributed by atoms with Gasteiger partial charge in [0.1, 0.15) is 0 Å². The van der Waals surface area contributed by atoms with Crippen LogP contribution < -0.4 is 4.90 Å². The van der Waals surface area contributed by atoms with Crippen molar-refractivity contribution in [2.75, 3.05) is 31.6 Å². The van der Waals surface area contributed by atoms with Crippen LogP contribution in [0, 0.1) is 6.92 Å².